The number of aromatic nitrogens is 2. The van der Waals surface area contributed by atoms with Gasteiger partial charge in [0, 0.05) is 0 Å². The van der Waals surface area contributed by atoms with Gasteiger partial charge in [-0.05, 0) is 18.6 Å². The molecular weight excluding hydrogens is 216 g/mol. The van der Waals surface area contributed by atoms with Gasteiger partial charge >= 0.3 is 0 Å². The Balaban J connectivity index is 2.29. The second-order valence-corrected chi connectivity index (χ2v) is 4.60. The lowest BCUT2D eigenvalue weighted by Gasteiger charge is -2.16. The van der Waals surface area contributed by atoms with Crippen LogP contribution in [0.15, 0.2) is 46.0 Å². The number of hydrogen-bond donors (Lipinski definition) is 0. The fourth-order valence-electron chi connectivity index (χ4n) is 2.94. The number of nitrogens with zero attached hydrogens (tertiary/aromatic N) is 2. The summed E-state index contributed by atoms with van der Waals surface area (Å²) in [4.78, 5) is 24.7. The van der Waals surface area contributed by atoms with E-state index >= 15 is 0 Å². The van der Waals surface area contributed by atoms with Gasteiger partial charge in [0.05, 0.1) is 22.9 Å². The summed E-state index contributed by atoms with van der Waals surface area (Å²) >= 11 is 0. The molecule has 0 fully saturated rings. The van der Waals surface area contributed by atoms with E-state index in [0.717, 1.165) is 6.42 Å². The van der Waals surface area contributed by atoms with Gasteiger partial charge in [-0.3, -0.25) is 9.59 Å². The predicted molar refractivity (Wildman–Crippen MR) is 64.3 cm³/mol. The quantitative estimate of drug-likeness (QED) is 0.634. The normalized spacial score (nSPS) is 24.5. The van der Waals surface area contributed by atoms with E-state index in [-0.39, 0.29) is 23.2 Å². The fraction of sp³-hybridized carbons (Fsp3) is 0.231. The maximum atomic E-state index is 12.3. The lowest BCUT2D eigenvalue weighted by molar-refractivity contribution is 0.486. The minimum Gasteiger partial charge on any atom is -0.267 e. The Hall–Kier alpha value is -2.10. The van der Waals surface area contributed by atoms with Crippen molar-refractivity contribution in [3.63, 3.8) is 0 Å². The maximum absolute atomic E-state index is 12.3. The monoisotopic (exact) mass is 226 g/mol. The van der Waals surface area contributed by atoms with Crippen LogP contribution in [-0.4, -0.2) is 9.36 Å². The van der Waals surface area contributed by atoms with E-state index in [0.29, 0.717) is 10.8 Å². The Morgan fingerprint density at radius 2 is 1.35 bits per heavy atom. The molecule has 0 saturated heterocycles. The molecule has 1 aliphatic heterocycles. The molecule has 1 aromatic carbocycles. The van der Waals surface area contributed by atoms with Gasteiger partial charge in [-0.1, -0.05) is 24.3 Å². The van der Waals surface area contributed by atoms with Crippen molar-refractivity contribution < 1.29 is 0 Å². The zero-order valence-corrected chi connectivity index (χ0v) is 9.04. The minimum atomic E-state index is -0.0583. The molecule has 4 heteroatoms. The van der Waals surface area contributed by atoms with E-state index in [2.05, 4.69) is 0 Å². The van der Waals surface area contributed by atoms with Gasteiger partial charge in [0.1, 0.15) is 0 Å². The highest BCUT2D eigenvalue weighted by atomic mass is 16.2. The number of rotatable bonds is 0. The Morgan fingerprint density at radius 1 is 0.882 bits per heavy atom. The van der Waals surface area contributed by atoms with Crippen LogP contribution in [0.3, 0.4) is 0 Å². The fourth-order valence-corrected chi connectivity index (χ4v) is 2.94. The standard InChI is InChI=1S/C13H10N2O2/c16-12-10-3-1-2-4-11(10)13(17)15-9-6-5-8(7-9)14(12)15/h1-6,8-9H,7H2/t8-,9-/m1/s1. The van der Waals surface area contributed by atoms with E-state index in [1.165, 1.54) is 0 Å². The van der Waals surface area contributed by atoms with Crippen LogP contribution < -0.4 is 11.1 Å². The first-order valence-electron chi connectivity index (χ1n) is 5.72. The molecular formula is C13H10N2O2. The van der Waals surface area contributed by atoms with Crippen LogP contribution in [0.5, 0.6) is 0 Å². The van der Waals surface area contributed by atoms with E-state index in [4.69, 9.17) is 0 Å². The van der Waals surface area contributed by atoms with Crippen molar-refractivity contribution in [1.29, 1.82) is 0 Å². The largest absolute Gasteiger partial charge is 0.273 e. The summed E-state index contributed by atoms with van der Waals surface area (Å²) in [6.07, 6.45) is 4.87. The van der Waals surface area contributed by atoms with Crippen LogP contribution in [0.2, 0.25) is 0 Å². The number of benzene rings is 1. The summed E-state index contributed by atoms with van der Waals surface area (Å²) in [7, 11) is 0. The van der Waals surface area contributed by atoms with Gasteiger partial charge in [-0.2, -0.15) is 0 Å². The molecule has 2 atom stereocenters. The molecule has 2 aromatic rings. The molecule has 2 bridgehead atoms. The molecule has 1 aromatic heterocycles. The van der Waals surface area contributed by atoms with Crippen molar-refractivity contribution in [3.05, 3.63) is 57.1 Å². The van der Waals surface area contributed by atoms with Gasteiger partial charge in [0.2, 0.25) is 0 Å². The smallest absolute Gasteiger partial charge is 0.267 e. The molecule has 84 valence electrons. The summed E-state index contributed by atoms with van der Waals surface area (Å²) in [5.74, 6) is 0. The van der Waals surface area contributed by atoms with E-state index in [1.54, 1.807) is 33.6 Å². The van der Waals surface area contributed by atoms with Crippen molar-refractivity contribution in [1.82, 2.24) is 9.36 Å². The van der Waals surface area contributed by atoms with Gasteiger partial charge < -0.3 is 0 Å². The maximum Gasteiger partial charge on any atom is 0.273 e. The van der Waals surface area contributed by atoms with Crippen LogP contribution in [0.1, 0.15) is 18.5 Å². The second kappa shape index (κ2) is 2.77. The first kappa shape index (κ1) is 8.98. The third-order valence-electron chi connectivity index (χ3n) is 3.70. The Labute approximate surface area is 96.4 Å². The molecule has 2 aliphatic rings. The average molecular weight is 226 g/mol. The highest BCUT2D eigenvalue weighted by molar-refractivity contribution is 5.80. The summed E-state index contributed by atoms with van der Waals surface area (Å²) in [5.41, 5.74) is -0.117. The van der Waals surface area contributed by atoms with Crippen molar-refractivity contribution >= 4 is 10.8 Å². The Bertz CT molecular complexity index is 718. The lowest BCUT2D eigenvalue weighted by Crippen LogP contribution is -2.37. The third kappa shape index (κ3) is 0.934. The molecule has 0 radical (unpaired) electrons. The summed E-state index contributed by atoms with van der Waals surface area (Å²) in [5, 5.41) is 1.05. The number of fused-ring (bicyclic) bond motifs is 6. The second-order valence-electron chi connectivity index (χ2n) is 4.60. The number of allylic oxidation sites excluding steroid dienone is 2. The first-order chi connectivity index (χ1) is 8.27. The van der Waals surface area contributed by atoms with Crippen LogP contribution in [0.25, 0.3) is 10.8 Å². The van der Waals surface area contributed by atoms with Gasteiger partial charge in [0.25, 0.3) is 11.1 Å². The molecule has 0 amide bonds. The van der Waals surface area contributed by atoms with Crippen molar-refractivity contribution in [2.24, 2.45) is 0 Å². The topological polar surface area (TPSA) is 44.0 Å². The molecule has 17 heavy (non-hydrogen) atoms. The lowest BCUT2D eigenvalue weighted by atomic mass is 10.2. The molecule has 4 nitrogen and oxygen atoms in total. The third-order valence-corrected chi connectivity index (χ3v) is 3.70. The first-order valence-corrected chi connectivity index (χ1v) is 5.72. The molecule has 0 N–H and O–H groups in total. The molecule has 0 unspecified atom stereocenters. The van der Waals surface area contributed by atoms with Crippen LogP contribution in [-0.2, 0) is 0 Å². The Morgan fingerprint density at radius 3 is 1.82 bits per heavy atom. The SMILES string of the molecule is O=c1c2ccccc2c(=O)n2n1[C@@H]1C=C[C@@H]2C1. The summed E-state index contributed by atoms with van der Waals surface area (Å²) in [6.45, 7) is 0. The zero-order valence-electron chi connectivity index (χ0n) is 9.04. The van der Waals surface area contributed by atoms with Gasteiger partial charge in [-0.15, -0.1) is 0 Å². The van der Waals surface area contributed by atoms with Crippen LogP contribution in [0, 0.1) is 0 Å². The summed E-state index contributed by atoms with van der Waals surface area (Å²) in [6, 6.07) is 7.16. The summed E-state index contributed by atoms with van der Waals surface area (Å²) < 4.78 is 3.21. The molecule has 2 heterocycles. The van der Waals surface area contributed by atoms with Crippen molar-refractivity contribution in [2.75, 3.05) is 0 Å². The van der Waals surface area contributed by atoms with Crippen molar-refractivity contribution in [3.8, 4) is 0 Å². The number of hydrogen-bond acceptors (Lipinski definition) is 2. The van der Waals surface area contributed by atoms with Gasteiger partial charge in [-0.25, -0.2) is 9.36 Å². The molecule has 0 saturated carbocycles. The highest BCUT2D eigenvalue weighted by Crippen LogP contribution is 2.35. The van der Waals surface area contributed by atoms with Crippen molar-refractivity contribution in [2.45, 2.75) is 18.5 Å². The van der Waals surface area contributed by atoms with Crippen LogP contribution in [0.4, 0.5) is 0 Å². The highest BCUT2D eigenvalue weighted by Gasteiger charge is 2.34. The molecule has 1 aliphatic carbocycles. The Kier molecular flexibility index (Phi) is 1.46. The predicted octanol–water partition coefficient (Wildman–Crippen LogP) is 1.22. The van der Waals surface area contributed by atoms with Gasteiger partial charge in [0.15, 0.2) is 0 Å². The van der Waals surface area contributed by atoms with Crippen LogP contribution >= 0.6 is 0 Å². The molecule has 0 spiro atoms. The van der Waals surface area contributed by atoms with E-state index < -0.39 is 0 Å². The van der Waals surface area contributed by atoms with E-state index in [1.807, 2.05) is 12.2 Å². The molecule has 4 rings (SSSR count). The minimum absolute atomic E-state index is 0.0583. The van der Waals surface area contributed by atoms with E-state index in [9.17, 15) is 9.59 Å². The zero-order chi connectivity index (χ0) is 11.6. The average Bonchev–Trinajstić information content (AvgIpc) is 2.96.